The third-order valence-electron chi connectivity index (χ3n) is 3.96. The summed E-state index contributed by atoms with van der Waals surface area (Å²) < 4.78 is 0. The average Bonchev–Trinajstić information content (AvgIpc) is 2.74. The SMILES string of the molecule is CCN(C)[C@H](C)C(=O)NCCC1(O)CCCC1. The summed E-state index contributed by atoms with van der Waals surface area (Å²) in [6.45, 7) is 5.38. The molecule has 1 saturated carbocycles. The van der Waals surface area contributed by atoms with Crippen LogP contribution in [-0.4, -0.2) is 47.7 Å². The van der Waals surface area contributed by atoms with Crippen LogP contribution < -0.4 is 5.32 Å². The Kier molecular flexibility index (Phi) is 5.40. The normalized spacial score (nSPS) is 20.5. The molecule has 0 aromatic carbocycles. The highest BCUT2D eigenvalue weighted by Crippen LogP contribution is 2.31. The number of nitrogens with one attached hydrogen (secondary N) is 1. The molecule has 0 bridgehead atoms. The minimum Gasteiger partial charge on any atom is -0.390 e. The van der Waals surface area contributed by atoms with E-state index in [9.17, 15) is 9.90 Å². The number of carbonyl (C=O) groups excluding carboxylic acids is 1. The lowest BCUT2D eigenvalue weighted by Gasteiger charge is -2.25. The number of amides is 1. The summed E-state index contributed by atoms with van der Waals surface area (Å²) in [5.41, 5.74) is -0.521. The highest BCUT2D eigenvalue weighted by Gasteiger charge is 2.30. The Morgan fingerprint density at radius 3 is 2.59 bits per heavy atom. The first-order chi connectivity index (χ1) is 7.98. The molecule has 1 aliphatic rings. The minimum absolute atomic E-state index is 0.0518. The molecule has 17 heavy (non-hydrogen) atoms. The standard InChI is InChI=1S/C13H26N2O2/c1-4-15(3)11(2)12(16)14-10-9-13(17)7-5-6-8-13/h11,17H,4-10H2,1-3H3,(H,14,16)/t11-/m1/s1. The summed E-state index contributed by atoms with van der Waals surface area (Å²) in [5.74, 6) is 0.0518. The highest BCUT2D eigenvalue weighted by molar-refractivity contribution is 5.81. The zero-order valence-electron chi connectivity index (χ0n) is 11.3. The van der Waals surface area contributed by atoms with Crippen molar-refractivity contribution in [3.63, 3.8) is 0 Å². The molecule has 1 atom stereocenters. The molecule has 0 radical (unpaired) electrons. The van der Waals surface area contributed by atoms with Crippen LogP contribution in [0.3, 0.4) is 0 Å². The third-order valence-corrected chi connectivity index (χ3v) is 3.96. The van der Waals surface area contributed by atoms with Crippen LogP contribution in [0.4, 0.5) is 0 Å². The van der Waals surface area contributed by atoms with E-state index in [0.29, 0.717) is 13.0 Å². The number of nitrogens with zero attached hydrogens (tertiary/aromatic N) is 1. The maximum Gasteiger partial charge on any atom is 0.237 e. The van der Waals surface area contributed by atoms with Crippen LogP contribution in [0, 0.1) is 0 Å². The van der Waals surface area contributed by atoms with Crippen molar-refractivity contribution >= 4 is 5.91 Å². The van der Waals surface area contributed by atoms with Gasteiger partial charge < -0.3 is 10.4 Å². The van der Waals surface area contributed by atoms with Crippen LogP contribution in [0.5, 0.6) is 0 Å². The maximum atomic E-state index is 11.8. The summed E-state index contributed by atoms with van der Waals surface area (Å²) in [7, 11) is 1.94. The topological polar surface area (TPSA) is 52.6 Å². The van der Waals surface area contributed by atoms with E-state index in [1.54, 1.807) is 0 Å². The number of hydrogen-bond donors (Lipinski definition) is 2. The zero-order chi connectivity index (χ0) is 12.9. The third kappa shape index (κ3) is 4.28. The van der Waals surface area contributed by atoms with E-state index in [0.717, 1.165) is 32.2 Å². The Balaban J connectivity index is 2.24. The van der Waals surface area contributed by atoms with Crippen LogP contribution >= 0.6 is 0 Å². The molecule has 0 heterocycles. The highest BCUT2D eigenvalue weighted by atomic mass is 16.3. The number of aliphatic hydroxyl groups is 1. The first-order valence-corrected chi connectivity index (χ1v) is 6.69. The molecule has 2 N–H and O–H groups in total. The second-order valence-electron chi connectivity index (χ2n) is 5.22. The molecular formula is C13H26N2O2. The van der Waals surface area contributed by atoms with Gasteiger partial charge in [0.1, 0.15) is 0 Å². The molecule has 0 saturated heterocycles. The first-order valence-electron chi connectivity index (χ1n) is 6.69. The fraction of sp³-hybridized carbons (Fsp3) is 0.923. The fourth-order valence-corrected chi connectivity index (χ4v) is 2.32. The van der Waals surface area contributed by atoms with Gasteiger partial charge in [0.15, 0.2) is 0 Å². The van der Waals surface area contributed by atoms with Gasteiger partial charge in [0.25, 0.3) is 0 Å². The van der Waals surface area contributed by atoms with E-state index in [4.69, 9.17) is 0 Å². The summed E-state index contributed by atoms with van der Waals surface area (Å²) >= 11 is 0. The van der Waals surface area contributed by atoms with Gasteiger partial charge in [-0.2, -0.15) is 0 Å². The van der Waals surface area contributed by atoms with Gasteiger partial charge in [0.2, 0.25) is 5.91 Å². The van der Waals surface area contributed by atoms with Gasteiger partial charge in [0.05, 0.1) is 11.6 Å². The Morgan fingerprint density at radius 1 is 1.47 bits per heavy atom. The van der Waals surface area contributed by atoms with Crippen molar-refractivity contribution < 1.29 is 9.90 Å². The summed E-state index contributed by atoms with van der Waals surface area (Å²) in [6, 6.07) is -0.0989. The maximum absolute atomic E-state index is 11.8. The Bertz CT molecular complexity index is 250. The second-order valence-corrected chi connectivity index (χ2v) is 5.22. The van der Waals surface area contributed by atoms with Crippen molar-refractivity contribution in [2.75, 3.05) is 20.1 Å². The molecule has 0 aromatic heterocycles. The minimum atomic E-state index is -0.521. The predicted octanol–water partition coefficient (Wildman–Crippen LogP) is 1.14. The van der Waals surface area contributed by atoms with Crippen LogP contribution in [0.1, 0.15) is 46.0 Å². The Morgan fingerprint density at radius 2 is 2.06 bits per heavy atom. The molecule has 1 rings (SSSR count). The van der Waals surface area contributed by atoms with Gasteiger partial charge in [-0.1, -0.05) is 19.8 Å². The van der Waals surface area contributed by atoms with Crippen LogP contribution in [0.25, 0.3) is 0 Å². The van der Waals surface area contributed by atoms with Crippen molar-refractivity contribution in [1.29, 1.82) is 0 Å². The lowest BCUT2D eigenvalue weighted by Crippen LogP contribution is -2.44. The van der Waals surface area contributed by atoms with Gasteiger partial charge in [-0.15, -0.1) is 0 Å². The molecule has 0 unspecified atom stereocenters. The van der Waals surface area contributed by atoms with Gasteiger partial charge in [0, 0.05) is 6.54 Å². The quantitative estimate of drug-likeness (QED) is 0.734. The summed E-state index contributed by atoms with van der Waals surface area (Å²) in [5, 5.41) is 13.0. The van der Waals surface area contributed by atoms with E-state index in [1.807, 2.05) is 25.8 Å². The summed E-state index contributed by atoms with van der Waals surface area (Å²) in [4.78, 5) is 13.8. The number of carbonyl (C=O) groups is 1. The van der Waals surface area contributed by atoms with Crippen molar-refractivity contribution in [3.05, 3.63) is 0 Å². The van der Waals surface area contributed by atoms with Gasteiger partial charge in [-0.25, -0.2) is 0 Å². The number of rotatable bonds is 6. The van der Waals surface area contributed by atoms with E-state index in [2.05, 4.69) is 5.32 Å². The Hall–Kier alpha value is -0.610. The van der Waals surface area contributed by atoms with Crippen LogP contribution in [0.2, 0.25) is 0 Å². The average molecular weight is 242 g/mol. The largest absolute Gasteiger partial charge is 0.390 e. The molecule has 1 amide bonds. The molecule has 100 valence electrons. The van der Waals surface area contributed by atoms with Gasteiger partial charge in [-0.05, 0) is 39.8 Å². The summed E-state index contributed by atoms with van der Waals surface area (Å²) in [6.07, 6.45) is 4.67. The first kappa shape index (κ1) is 14.5. The molecule has 1 aliphatic carbocycles. The lowest BCUT2D eigenvalue weighted by atomic mass is 9.98. The molecule has 0 spiro atoms. The molecule has 1 fully saturated rings. The second kappa shape index (κ2) is 6.36. The van der Waals surface area contributed by atoms with Crippen molar-refractivity contribution in [2.45, 2.75) is 57.6 Å². The molecule has 4 nitrogen and oxygen atoms in total. The molecular weight excluding hydrogens is 216 g/mol. The Labute approximate surface area is 104 Å². The zero-order valence-corrected chi connectivity index (χ0v) is 11.3. The smallest absolute Gasteiger partial charge is 0.237 e. The van der Waals surface area contributed by atoms with Crippen LogP contribution in [-0.2, 0) is 4.79 Å². The van der Waals surface area contributed by atoms with E-state index in [-0.39, 0.29) is 11.9 Å². The number of likely N-dealkylation sites (N-methyl/N-ethyl adjacent to an activating group) is 1. The van der Waals surface area contributed by atoms with E-state index < -0.39 is 5.60 Å². The molecule has 0 aliphatic heterocycles. The monoisotopic (exact) mass is 242 g/mol. The molecule has 0 aromatic rings. The van der Waals surface area contributed by atoms with Crippen molar-refractivity contribution in [2.24, 2.45) is 0 Å². The van der Waals surface area contributed by atoms with Gasteiger partial charge in [-0.3, -0.25) is 9.69 Å². The van der Waals surface area contributed by atoms with Crippen molar-refractivity contribution in [1.82, 2.24) is 10.2 Å². The predicted molar refractivity (Wildman–Crippen MR) is 68.8 cm³/mol. The van der Waals surface area contributed by atoms with E-state index in [1.165, 1.54) is 0 Å². The number of hydrogen-bond acceptors (Lipinski definition) is 3. The van der Waals surface area contributed by atoms with Gasteiger partial charge >= 0.3 is 0 Å². The van der Waals surface area contributed by atoms with Crippen LogP contribution in [0.15, 0.2) is 0 Å². The fourth-order valence-electron chi connectivity index (χ4n) is 2.32. The van der Waals surface area contributed by atoms with E-state index >= 15 is 0 Å². The van der Waals surface area contributed by atoms with Crippen molar-refractivity contribution in [3.8, 4) is 0 Å². The lowest BCUT2D eigenvalue weighted by molar-refractivity contribution is -0.125. The molecule has 4 heteroatoms.